The summed E-state index contributed by atoms with van der Waals surface area (Å²) in [6, 6.07) is 15.7. The van der Waals surface area contributed by atoms with E-state index >= 15 is 0 Å². The van der Waals surface area contributed by atoms with Crippen LogP contribution >= 0.6 is 0 Å². The first-order valence-electron chi connectivity index (χ1n) is 9.35. The van der Waals surface area contributed by atoms with Crippen LogP contribution < -0.4 is 9.64 Å². The Kier molecular flexibility index (Phi) is 4.88. The van der Waals surface area contributed by atoms with Gasteiger partial charge in [-0.05, 0) is 42.8 Å². The van der Waals surface area contributed by atoms with Gasteiger partial charge in [0, 0.05) is 36.8 Å². The van der Waals surface area contributed by atoms with Crippen LogP contribution in [0.2, 0.25) is 0 Å². The van der Waals surface area contributed by atoms with E-state index in [0.717, 1.165) is 40.0 Å². The Bertz CT molecular complexity index is 1030. The van der Waals surface area contributed by atoms with Gasteiger partial charge in [-0.2, -0.15) is 0 Å². The quantitative estimate of drug-likeness (QED) is 0.740. The minimum absolute atomic E-state index is 0.00924. The minimum atomic E-state index is -0.0415. The fraction of sp³-hybridized carbons (Fsp3) is 0.273. The van der Waals surface area contributed by atoms with E-state index in [4.69, 9.17) is 14.8 Å². The van der Waals surface area contributed by atoms with Gasteiger partial charge in [0.1, 0.15) is 12.4 Å². The van der Waals surface area contributed by atoms with Gasteiger partial charge < -0.3 is 14.7 Å². The van der Waals surface area contributed by atoms with E-state index in [1.54, 1.807) is 9.80 Å². The number of amides is 2. The number of ether oxygens (including phenoxy) is 1. The molecule has 1 fully saturated rings. The minimum Gasteiger partial charge on any atom is -0.490 e. The molecule has 144 valence electrons. The lowest BCUT2D eigenvalue weighted by molar-refractivity contribution is 0.202. The number of nitrogens with zero attached hydrogens (tertiary/aromatic N) is 3. The van der Waals surface area contributed by atoms with Gasteiger partial charge in [-0.25, -0.2) is 9.78 Å². The van der Waals surface area contributed by atoms with E-state index in [2.05, 4.69) is 6.92 Å². The van der Waals surface area contributed by atoms with Crippen molar-refractivity contribution < 1.29 is 14.6 Å². The van der Waals surface area contributed by atoms with Crippen LogP contribution in [0.5, 0.6) is 5.75 Å². The van der Waals surface area contributed by atoms with Gasteiger partial charge in [-0.1, -0.05) is 18.2 Å². The molecule has 0 unspecified atom stereocenters. The predicted molar refractivity (Wildman–Crippen MR) is 110 cm³/mol. The van der Waals surface area contributed by atoms with Crippen molar-refractivity contribution in [3.05, 3.63) is 54.1 Å². The van der Waals surface area contributed by atoms with E-state index in [9.17, 15) is 4.79 Å². The van der Waals surface area contributed by atoms with Crippen LogP contribution in [0.25, 0.3) is 22.2 Å². The highest BCUT2D eigenvalue weighted by Gasteiger charge is 2.26. The van der Waals surface area contributed by atoms with Crippen molar-refractivity contribution in [2.75, 3.05) is 38.3 Å². The molecule has 1 aliphatic heterocycles. The third-order valence-corrected chi connectivity index (χ3v) is 5.04. The number of aliphatic hydroxyl groups is 1. The van der Waals surface area contributed by atoms with Gasteiger partial charge in [0.2, 0.25) is 0 Å². The van der Waals surface area contributed by atoms with E-state index in [1.165, 1.54) is 0 Å². The molecule has 1 saturated heterocycles. The lowest BCUT2D eigenvalue weighted by Crippen LogP contribution is -2.29. The van der Waals surface area contributed by atoms with Crippen molar-refractivity contribution in [1.29, 1.82) is 0 Å². The fourth-order valence-electron chi connectivity index (χ4n) is 3.54. The Balaban J connectivity index is 1.78. The first-order valence-corrected chi connectivity index (χ1v) is 9.35. The monoisotopic (exact) mass is 377 g/mol. The molecule has 6 nitrogen and oxygen atoms in total. The molecule has 0 aliphatic carbocycles. The smallest absolute Gasteiger partial charge is 0.324 e. The summed E-state index contributed by atoms with van der Waals surface area (Å²) < 4.78 is 5.68. The molecule has 4 rings (SSSR count). The van der Waals surface area contributed by atoms with Crippen LogP contribution in [0.1, 0.15) is 5.56 Å². The lowest BCUT2D eigenvalue weighted by atomic mass is 10.0. The summed E-state index contributed by atoms with van der Waals surface area (Å²) in [6.45, 7) is 3.65. The lowest BCUT2D eigenvalue weighted by Gasteiger charge is -2.17. The maximum atomic E-state index is 12.3. The van der Waals surface area contributed by atoms with E-state index in [1.807, 2.05) is 55.6 Å². The van der Waals surface area contributed by atoms with Gasteiger partial charge in [-0.3, -0.25) is 4.90 Å². The third kappa shape index (κ3) is 3.27. The molecule has 28 heavy (non-hydrogen) atoms. The molecule has 1 aromatic heterocycles. The number of hydrogen-bond donors (Lipinski definition) is 1. The molecule has 2 heterocycles. The maximum Gasteiger partial charge on any atom is 0.324 e. The summed E-state index contributed by atoms with van der Waals surface area (Å²) in [5.74, 6) is 0.690. The number of aliphatic hydroxyl groups excluding tert-OH is 1. The normalized spacial score (nSPS) is 14.2. The SMILES string of the molecule is Cc1cc(-c2ccccc2OCCO)nc2cc(N3CCN(C)C3=O)ccc12. The van der Waals surface area contributed by atoms with E-state index in [-0.39, 0.29) is 19.2 Å². The zero-order valence-corrected chi connectivity index (χ0v) is 16.1. The summed E-state index contributed by atoms with van der Waals surface area (Å²) in [4.78, 5) is 20.7. The molecule has 3 aromatic rings. The van der Waals surface area contributed by atoms with Gasteiger partial charge in [0.15, 0.2) is 0 Å². The second-order valence-corrected chi connectivity index (χ2v) is 6.95. The molecule has 0 bridgehead atoms. The zero-order chi connectivity index (χ0) is 19.7. The number of likely N-dealkylation sites (N-methyl/N-ethyl adjacent to an activating group) is 1. The Morgan fingerprint density at radius 1 is 1.14 bits per heavy atom. The summed E-state index contributed by atoms with van der Waals surface area (Å²) in [6.07, 6.45) is 0. The molecular weight excluding hydrogens is 354 g/mol. The molecule has 0 saturated carbocycles. The second kappa shape index (κ2) is 7.48. The number of anilines is 1. The highest BCUT2D eigenvalue weighted by molar-refractivity contribution is 5.97. The largest absolute Gasteiger partial charge is 0.490 e. The fourth-order valence-corrected chi connectivity index (χ4v) is 3.54. The Morgan fingerprint density at radius 2 is 1.96 bits per heavy atom. The molecular formula is C22H23N3O3. The topological polar surface area (TPSA) is 65.9 Å². The van der Waals surface area contributed by atoms with Crippen molar-refractivity contribution in [3.63, 3.8) is 0 Å². The molecule has 1 aliphatic rings. The Morgan fingerprint density at radius 3 is 2.71 bits per heavy atom. The van der Waals surface area contributed by atoms with Gasteiger partial charge in [0.05, 0.1) is 17.8 Å². The molecule has 1 N–H and O–H groups in total. The average Bonchev–Trinajstić information content (AvgIpc) is 3.04. The molecule has 0 radical (unpaired) electrons. The summed E-state index contributed by atoms with van der Waals surface area (Å²) in [7, 11) is 1.81. The standard InChI is InChI=1S/C22H23N3O3/c1-15-13-19(18-5-3-4-6-21(18)28-12-11-26)23-20-14-16(7-8-17(15)20)25-10-9-24(2)22(25)27/h3-8,13-14,26H,9-12H2,1-2H3. The number of carbonyl (C=O) groups is 1. The molecule has 6 heteroatoms. The average molecular weight is 377 g/mol. The summed E-state index contributed by atoms with van der Waals surface area (Å²) in [5, 5.41) is 10.1. The van der Waals surface area contributed by atoms with Gasteiger partial charge >= 0.3 is 6.03 Å². The van der Waals surface area contributed by atoms with Crippen LogP contribution in [-0.2, 0) is 0 Å². The van der Waals surface area contributed by atoms with Crippen molar-refractivity contribution in [1.82, 2.24) is 9.88 Å². The molecule has 2 amide bonds. The number of carbonyl (C=O) groups excluding carboxylic acids is 1. The summed E-state index contributed by atoms with van der Waals surface area (Å²) in [5.41, 5.74) is 4.49. The van der Waals surface area contributed by atoms with E-state index in [0.29, 0.717) is 12.3 Å². The number of benzene rings is 2. The Labute approximate surface area is 164 Å². The second-order valence-electron chi connectivity index (χ2n) is 6.95. The number of hydrogen-bond acceptors (Lipinski definition) is 4. The molecule has 2 aromatic carbocycles. The number of rotatable bonds is 5. The first-order chi connectivity index (χ1) is 13.6. The van der Waals surface area contributed by atoms with Gasteiger partial charge in [0.25, 0.3) is 0 Å². The van der Waals surface area contributed by atoms with Crippen LogP contribution in [0.4, 0.5) is 10.5 Å². The maximum absolute atomic E-state index is 12.3. The predicted octanol–water partition coefficient (Wildman–Crippen LogP) is 3.45. The highest BCUT2D eigenvalue weighted by atomic mass is 16.5. The van der Waals surface area contributed by atoms with Crippen LogP contribution in [0.3, 0.4) is 0 Å². The van der Waals surface area contributed by atoms with Crippen LogP contribution in [0.15, 0.2) is 48.5 Å². The van der Waals surface area contributed by atoms with Crippen molar-refractivity contribution in [2.24, 2.45) is 0 Å². The third-order valence-electron chi connectivity index (χ3n) is 5.04. The van der Waals surface area contributed by atoms with Crippen molar-refractivity contribution in [2.45, 2.75) is 6.92 Å². The molecule has 0 spiro atoms. The highest BCUT2D eigenvalue weighted by Crippen LogP contribution is 2.33. The zero-order valence-electron chi connectivity index (χ0n) is 16.1. The van der Waals surface area contributed by atoms with Crippen molar-refractivity contribution >= 4 is 22.6 Å². The Hall–Kier alpha value is -3.12. The van der Waals surface area contributed by atoms with Crippen LogP contribution in [0, 0.1) is 6.92 Å². The first kappa shape index (κ1) is 18.3. The number of aryl methyl sites for hydroxylation is 1. The number of pyridine rings is 1. The van der Waals surface area contributed by atoms with Crippen molar-refractivity contribution in [3.8, 4) is 17.0 Å². The number of fused-ring (bicyclic) bond motifs is 1. The van der Waals surface area contributed by atoms with Crippen LogP contribution in [-0.4, -0.2) is 54.4 Å². The number of para-hydroxylation sites is 1. The number of urea groups is 1. The van der Waals surface area contributed by atoms with Gasteiger partial charge in [-0.15, -0.1) is 0 Å². The molecule has 0 atom stereocenters. The summed E-state index contributed by atoms with van der Waals surface area (Å²) >= 11 is 0. The number of aromatic nitrogens is 1. The van der Waals surface area contributed by atoms with E-state index < -0.39 is 0 Å².